The lowest BCUT2D eigenvalue weighted by molar-refractivity contribution is -0.155. The van der Waals surface area contributed by atoms with E-state index in [1.54, 1.807) is 0 Å². The molecule has 1 heterocycles. The van der Waals surface area contributed by atoms with Gasteiger partial charge in [0, 0.05) is 19.1 Å². The van der Waals surface area contributed by atoms with Crippen molar-refractivity contribution in [3.63, 3.8) is 0 Å². The highest BCUT2D eigenvalue weighted by Crippen LogP contribution is 2.53. The molecule has 106 valence electrons. The zero-order valence-corrected chi connectivity index (χ0v) is 11.7. The largest absolute Gasteiger partial charge is 0.345 e. The summed E-state index contributed by atoms with van der Waals surface area (Å²) in [6, 6.07) is 0. The Balaban J connectivity index is 1.73. The van der Waals surface area contributed by atoms with Gasteiger partial charge in [0.25, 0.3) is 5.89 Å². The van der Waals surface area contributed by atoms with E-state index in [9.17, 15) is 0 Å². The molecule has 2 aliphatic carbocycles. The van der Waals surface area contributed by atoms with Crippen molar-refractivity contribution in [1.82, 2.24) is 10.1 Å². The predicted octanol–water partition coefficient (Wildman–Crippen LogP) is 3.04. The monoisotopic (exact) mass is 266 g/mol. The molecule has 19 heavy (non-hydrogen) atoms. The Bertz CT molecular complexity index is 395. The van der Waals surface area contributed by atoms with Crippen molar-refractivity contribution in [2.75, 3.05) is 13.2 Å². The molecule has 2 aliphatic rings. The van der Waals surface area contributed by atoms with Crippen LogP contribution in [0.3, 0.4) is 0 Å². The quantitative estimate of drug-likeness (QED) is 0.677. The second-order valence-electron chi connectivity index (χ2n) is 5.43. The van der Waals surface area contributed by atoms with Crippen LogP contribution in [0.15, 0.2) is 4.52 Å². The lowest BCUT2D eigenvalue weighted by atomic mass is 9.97. The van der Waals surface area contributed by atoms with Crippen molar-refractivity contribution in [2.24, 2.45) is 11.8 Å². The van der Waals surface area contributed by atoms with Crippen molar-refractivity contribution < 1.29 is 14.0 Å². The lowest BCUT2D eigenvalue weighted by Gasteiger charge is -2.12. The van der Waals surface area contributed by atoms with Gasteiger partial charge in [-0.25, -0.2) is 0 Å². The van der Waals surface area contributed by atoms with E-state index in [0.29, 0.717) is 25.0 Å². The maximum Gasteiger partial charge on any atom is 0.283 e. The van der Waals surface area contributed by atoms with Crippen LogP contribution in [0.4, 0.5) is 0 Å². The minimum atomic E-state index is -0.518. The highest BCUT2D eigenvalue weighted by Gasteiger charge is 2.45. The Morgan fingerprint density at radius 1 is 1.11 bits per heavy atom. The fraction of sp³-hybridized carbons (Fsp3) is 0.857. The summed E-state index contributed by atoms with van der Waals surface area (Å²) in [4.78, 5) is 4.54. The fourth-order valence-electron chi connectivity index (χ4n) is 2.69. The van der Waals surface area contributed by atoms with Crippen LogP contribution in [0.25, 0.3) is 0 Å². The zero-order valence-electron chi connectivity index (χ0n) is 11.7. The molecule has 0 spiro atoms. The summed E-state index contributed by atoms with van der Waals surface area (Å²) in [7, 11) is 0. The normalized spacial score (nSPS) is 19.6. The molecule has 0 saturated heterocycles. The van der Waals surface area contributed by atoms with Crippen LogP contribution in [0.2, 0.25) is 0 Å². The van der Waals surface area contributed by atoms with E-state index in [0.717, 1.165) is 17.7 Å². The first-order chi connectivity index (χ1) is 9.33. The van der Waals surface area contributed by atoms with Gasteiger partial charge in [0.1, 0.15) is 0 Å². The third-order valence-electron chi connectivity index (χ3n) is 3.85. The van der Waals surface area contributed by atoms with Gasteiger partial charge in [-0.3, -0.25) is 0 Å². The van der Waals surface area contributed by atoms with Crippen LogP contribution >= 0.6 is 0 Å². The second-order valence-corrected chi connectivity index (χ2v) is 5.43. The summed E-state index contributed by atoms with van der Waals surface area (Å²) >= 11 is 0. The number of nitrogens with zero attached hydrogens (tertiary/aromatic N) is 2. The molecule has 2 fully saturated rings. The molecular weight excluding hydrogens is 244 g/mol. The van der Waals surface area contributed by atoms with Gasteiger partial charge < -0.3 is 14.0 Å². The summed E-state index contributed by atoms with van der Waals surface area (Å²) in [5, 5.41) is 4.18. The number of aromatic nitrogens is 2. The molecule has 0 bridgehead atoms. The summed E-state index contributed by atoms with van der Waals surface area (Å²) in [6.45, 7) is 5.00. The second kappa shape index (κ2) is 5.59. The molecule has 5 nitrogen and oxygen atoms in total. The van der Waals surface area contributed by atoms with Crippen LogP contribution in [-0.2, 0) is 9.47 Å². The Labute approximate surface area is 113 Å². The fourth-order valence-corrected chi connectivity index (χ4v) is 2.69. The summed E-state index contributed by atoms with van der Waals surface area (Å²) in [6.07, 6.45) is 4.73. The van der Waals surface area contributed by atoms with Gasteiger partial charge in [0.05, 0.1) is 0 Å². The summed E-state index contributed by atoms with van der Waals surface area (Å²) < 4.78 is 16.3. The van der Waals surface area contributed by atoms with Gasteiger partial charge in [-0.2, -0.15) is 4.98 Å². The van der Waals surface area contributed by atoms with Crippen molar-refractivity contribution in [3.05, 3.63) is 11.7 Å². The van der Waals surface area contributed by atoms with E-state index >= 15 is 0 Å². The Kier molecular flexibility index (Phi) is 3.84. The lowest BCUT2D eigenvalue weighted by Crippen LogP contribution is -2.10. The first kappa shape index (κ1) is 13.1. The zero-order chi connectivity index (χ0) is 13.2. The number of ether oxygens (including phenoxy) is 2. The summed E-state index contributed by atoms with van der Waals surface area (Å²) in [5.41, 5.74) is 0. The van der Waals surface area contributed by atoms with Crippen LogP contribution in [0.1, 0.15) is 63.5 Å². The summed E-state index contributed by atoms with van der Waals surface area (Å²) in [5.74, 6) is 3.38. The molecule has 0 aliphatic heterocycles. The number of hydrogen-bond acceptors (Lipinski definition) is 5. The molecule has 5 heteroatoms. The van der Waals surface area contributed by atoms with Gasteiger partial charge in [0.2, 0.25) is 6.29 Å². The molecule has 0 aromatic carbocycles. The molecule has 0 atom stereocenters. The Morgan fingerprint density at radius 2 is 1.68 bits per heavy atom. The van der Waals surface area contributed by atoms with Crippen molar-refractivity contribution in [2.45, 2.75) is 51.7 Å². The molecule has 0 amide bonds. The molecule has 1 aromatic heterocycles. The molecule has 3 rings (SSSR count). The van der Waals surface area contributed by atoms with Gasteiger partial charge in [-0.1, -0.05) is 5.16 Å². The van der Waals surface area contributed by atoms with Crippen LogP contribution in [0, 0.1) is 11.8 Å². The third-order valence-corrected chi connectivity index (χ3v) is 3.85. The molecule has 1 aromatic rings. The van der Waals surface area contributed by atoms with E-state index in [-0.39, 0.29) is 0 Å². The van der Waals surface area contributed by atoms with Crippen LogP contribution in [0.5, 0.6) is 0 Å². The van der Waals surface area contributed by atoms with E-state index in [1.807, 2.05) is 13.8 Å². The van der Waals surface area contributed by atoms with Gasteiger partial charge in [0.15, 0.2) is 5.82 Å². The van der Waals surface area contributed by atoms with Gasteiger partial charge in [-0.15, -0.1) is 0 Å². The van der Waals surface area contributed by atoms with E-state index in [2.05, 4.69) is 10.1 Å². The maximum atomic E-state index is 5.50. The van der Waals surface area contributed by atoms with E-state index in [4.69, 9.17) is 14.0 Å². The molecule has 2 saturated carbocycles. The topological polar surface area (TPSA) is 57.4 Å². The van der Waals surface area contributed by atoms with Crippen LogP contribution < -0.4 is 0 Å². The molecular formula is C14H22N2O3. The smallest absolute Gasteiger partial charge is 0.283 e. The van der Waals surface area contributed by atoms with Crippen molar-refractivity contribution in [3.8, 4) is 0 Å². The Morgan fingerprint density at radius 3 is 2.16 bits per heavy atom. The van der Waals surface area contributed by atoms with E-state index in [1.165, 1.54) is 25.7 Å². The first-order valence-corrected chi connectivity index (χ1v) is 7.40. The molecule has 0 unspecified atom stereocenters. The minimum absolute atomic E-state index is 0.463. The molecule has 0 radical (unpaired) electrons. The minimum Gasteiger partial charge on any atom is -0.345 e. The Hall–Kier alpha value is -0.940. The number of hydrogen-bond donors (Lipinski definition) is 0. The van der Waals surface area contributed by atoms with E-state index < -0.39 is 6.29 Å². The van der Waals surface area contributed by atoms with Crippen molar-refractivity contribution >= 4 is 0 Å². The van der Waals surface area contributed by atoms with Crippen molar-refractivity contribution in [1.29, 1.82) is 0 Å². The van der Waals surface area contributed by atoms with Gasteiger partial charge >= 0.3 is 0 Å². The third kappa shape index (κ3) is 2.98. The molecule has 0 N–H and O–H groups in total. The average molecular weight is 266 g/mol. The highest BCUT2D eigenvalue weighted by molar-refractivity contribution is 5.08. The first-order valence-electron chi connectivity index (χ1n) is 7.40. The maximum absolute atomic E-state index is 5.50. The predicted molar refractivity (Wildman–Crippen MR) is 68.5 cm³/mol. The van der Waals surface area contributed by atoms with Crippen LogP contribution in [-0.4, -0.2) is 23.4 Å². The average Bonchev–Trinajstić information content (AvgIpc) is 3.31. The SMILES string of the molecule is CCOC(OCC)c1nc(C(C2CC2)C2CC2)no1. The van der Waals surface area contributed by atoms with Gasteiger partial charge in [-0.05, 0) is 51.4 Å². The standard InChI is InChI=1S/C14H22N2O3/c1-3-17-14(18-4-2)13-15-12(16-19-13)11(9-5-6-9)10-7-8-10/h9-11,14H,3-8H2,1-2H3. The highest BCUT2D eigenvalue weighted by atomic mass is 16.7. The number of rotatable bonds is 8.